The molecule has 0 atom stereocenters. The Bertz CT molecular complexity index is 429. The lowest BCUT2D eigenvalue weighted by Crippen LogP contribution is -2.24. The molecule has 1 heterocycles. The number of hydrogen-bond acceptors (Lipinski definition) is 3. The van der Waals surface area contributed by atoms with Gasteiger partial charge in [-0.2, -0.15) is 0 Å². The number of nitrogens with one attached hydrogen (secondary N) is 1. The van der Waals surface area contributed by atoms with E-state index in [0.29, 0.717) is 19.4 Å². The third-order valence-electron chi connectivity index (χ3n) is 3.01. The average molecular weight is 297 g/mol. The van der Waals surface area contributed by atoms with E-state index in [1.54, 1.807) is 11.3 Å². The first-order valence-electron chi connectivity index (χ1n) is 7.12. The normalized spacial score (nSPS) is 10.4. The van der Waals surface area contributed by atoms with Crippen LogP contribution in [0, 0.1) is 6.92 Å². The second-order valence-electron chi connectivity index (χ2n) is 4.92. The number of aryl methyl sites for hydroxylation is 2. The van der Waals surface area contributed by atoms with Gasteiger partial charge in [0.15, 0.2) is 0 Å². The molecule has 0 aliphatic carbocycles. The highest BCUT2D eigenvalue weighted by Crippen LogP contribution is 2.17. The Morgan fingerprint density at radius 2 is 1.95 bits per heavy atom. The lowest BCUT2D eigenvalue weighted by atomic mass is 10.2. The van der Waals surface area contributed by atoms with Crippen LogP contribution in [0.2, 0.25) is 0 Å². The van der Waals surface area contributed by atoms with Crippen molar-refractivity contribution in [2.75, 3.05) is 6.54 Å². The molecule has 1 amide bonds. The number of carbonyl (C=O) groups excluding carboxylic acids is 1. The number of rotatable bonds is 10. The van der Waals surface area contributed by atoms with Crippen LogP contribution < -0.4 is 5.32 Å². The van der Waals surface area contributed by atoms with E-state index < -0.39 is 5.97 Å². The van der Waals surface area contributed by atoms with E-state index >= 15 is 0 Å². The fraction of sp³-hybridized carbons (Fsp3) is 0.600. The maximum Gasteiger partial charge on any atom is 0.303 e. The molecule has 0 fully saturated rings. The van der Waals surface area contributed by atoms with E-state index in [9.17, 15) is 9.59 Å². The predicted molar refractivity (Wildman–Crippen MR) is 81.1 cm³/mol. The summed E-state index contributed by atoms with van der Waals surface area (Å²) in [7, 11) is 0. The molecule has 0 bridgehead atoms. The van der Waals surface area contributed by atoms with E-state index in [1.165, 1.54) is 9.75 Å². The van der Waals surface area contributed by atoms with Crippen molar-refractivity contribution in [1.29, 1.82) is 0 Å². The summed E-state index contributed by atoms with van der Waals surface area (Å²) in [5.41, 5.74) is 0. The van der Waals surface area contributed by atoms with Gasteiger partial charge in [0.2, 0.25) is 5.91 Å². The molecule has 20 heavy (non-hydrogen) atoms. The van der Waals surface area contributed by atoms with Gasteiger partial charge in [-0.3, -0.25) is 9.59 Å². The van der Waals surface area contributed by atoms with Crippen LogP contribution in [0.1, 0.15) is 48.3 Å². The predicted octanol–water partition coefficient (Wildman–Crippen LogP) is 3.14. The van der Waals surface area contributed by atoms with Crippen LogP contribution in [-0.2, 0) is 16.0 Å². The first-order valence-corrected chi connectivity index (χ1v) is 7.93. The summed E-state index contributed by atoms with van der Waals surface area (Å²) < 4.78 is 0. The Balaban J connectivity index is 1.96. The molecule has 0 unspecified atom stereocenters. The van der Waals surface area contributed by atoms with Gasteiger partial charge in [-0.05, 0) is 44.7 Å². The van der Waals surface area contributed by atoms with Crippen LogP contribution in [0.25, 0.3) is 0 Å². The molecule has 0 spiro atoms. The zero-order chi connectivity index (χ0) is 14.8. The van der Waals surface area contributed by atoms with Gasteiger partial charge in [0.05, 0.1) is 0 Å². The Kier molecular flexibility index (Phi) is 7.95. The molecule has 0 radical (unpaired) electrons. The van der Waals surface area contributed by atoms with Gasteiger partial charge in [0, 0.05) is 29.1 Å². The molecule has 1 aromatic rings. The highest BCUT2D eigenvalue weighted by molar-refractivity contribution is 7.11. The molecule has 0 aromatic carbocycles. The van der Waals surface area contributed by atoms with Crippen LogP contribution in [0.3, 0.4) is 0 Å². The van der Waals surface area contributed by atoms with Crippen LogP contribution in [0.4, 0.5) is 0 Å². The van der Waals surface area contributed by atoms with Crippen molar-refractivity contribution < 1.29 is 14.7 Å². The number of unbranched alkanes of at least 4 members (excludes halogenated alkanes) is 2. The van der Waals surface area contributed by atoms with E-state index in [0.717, 1.165) is 25.7 Å². The number of carbonyl (C=O) groups is 2. The van der Waals surface area contributed by atoms with Gasteiger partial charge in [0.25, 0.3) is 0 Å². The minimum absolute atomic E-state index is 0.0940. The number of thiophene rings is 1. The van der Waals surface area contributed by atoms with Crippen molar-refractivity contribution in [2.45, 2.75) is 51.9 Å². The lowest BCUT2D eigenvalue weighted by Gasteiger charge is -2.04. The molecule has 0 aliphatic heterocycles. The highest BCUT2D eigenvalue weighted by atomic mass is 32.1. The molecule has 0 saturated carbocycles. The molecule has 1 rings (SSSR count). The third kappa shape index (κ3) is 7.94. The molecule has 5 heteroatoms. The Morgan fingerprint density at radius 3 is 2.60 bits per heavy atom. The largest absolute Gasteiger partial charge is 0.481 e. The lowest BCUT2D eigenvalue weighted by molar-refractivity contribution is -0.137. The van der Waals surface area contributed by atoms with E-state index in [4.69, 9.17) is 5.11 Å². The quantitative estimate of drug-likeness (QED) is 0.652. The molecule has 4 nitrogen and oxygen atoms in total. The standard InChI is InChI=1S/C15H23NO3S/c1-12-9-10-13(20-12)6-5-7-14(17)16-11-4-2-3-8-15(18)19/h9-10H,2-8,11H2,1H3,(H,16,17)(H,18,19). The summed E-state index contributed by atoms with van der Waals surface area (Å²) in [6.07, 6.45) is 5.00. The average Bonchev–Trinajstić information content (AvgIpc) is 2.79. The zero-order valence-electron chi connectivity index (χ0n) is 12.0. The van der Waals surface area contributed by atoms with Crippen LogP contribution in [-0.4, -0.2) is 23.5 Å². The molecular formula is C15H23NO3S. The van der Waals surface area contributed by atoms with Crippen LogP contribution >= 0.6 is 11.3 Å². The van der Waals surface area contributed by atoms with Crippen molar-refractivity contribution in [1.82, 2.24) is 5.32 Å². The first-order chi connectivity index (χ1) is 9.58. The molecule has 0 aliphatic rings. The smallest absolute Gasteiger partial charge is 0.303 e. The van der Waals surface area contributed by atoms with Gasteiger partial charge in [0.1, 0.15) is 0 Å². The fourth-order valence-electron chi connectivity index (χ4n) is 1.94. The minimum Gasteiger partial charge on any atom is -0.481 e. The summed E-state index contributed by atoms with van der Waals surface area (Å²) in [5.74, 6) is -0.658. The topological polar surface area (TPSA) is 66.4 Å². The Hall–Kier alpha value is -1.36. The van der Waals surface area contributed by atoms with Crippen LogP contribution in [0.5, 0.6) is 0 Å². The number of amides is 1. The summed E-state index contributed by atoms with van der Waals surface area (Å²) in [6.45, 7) is 2.74. The second-order valence-corrected chi connectivity index (χ2v) is 6.29. The van der Waals surface area contributed by atoms with Gasteiger partial charge in [-0.15, -0.1) is 11.3 Å². The summed E-state index contributed by atoms with van der Waals surface area (Å²) in [5, 5.41) is 11.4. The fourth-order valence-corrected chi connectivity index (χ4v) is 2.87. The van der Waals surface area contributed by atoms with Gasteiger partial charge >= 0.3 is 5.97 Å². The summed E-state index contributed by atoms with van der Waals surface area (Å²) in [4.78, 5) is 24.5. The maximum atomic E-state index is 11.6. The first kappa shape index (κ1) is 16.7. The van der Waals surface area contributed by atoms with Crippen molar-refractivity contribution >= 4 is 23.2 Å². The maximum absolute atomic E-state index is 11.6. The van der Waals surface area contributed by atoms with Gasteiger partial charge in [-0.25, -0.2) is 0 Å². The van der Waals surface area contributed by atoms with E-state index in [2.05, 4.69) is 24.4 Å². The molecule has 112 valence electrons. The monoisotopic (exact) mass is 297 g/mol. The van der Waals surface area contributed by atoms with E-state index in [1.807, 2.05) is 0 Å². The van der Waals surface area contributed by atoms with Crippen LogP contribution in [0.15, 0.2) is 12.1 Å². The molecule has 0 saturated heterocycles. The molecule has 1 aromatic heterocycles. The van der Waals surface area contributed by atoms with Crippen molar-refractivity contribution in [3.8, 4) is 0 Å². The van der Waals surface area contributed by atoms with Crippen molar-refractivity contribution in [2.24, 2.45) is 0 Å². The Labute approximate surface area is 124 Å². The minimum atomic E-state index is -0.752. The summed E-state index contributed by atoms with van der Waals surface area (Å²) >= 11 is 1.79. The second kappa shape index (κ2) is 9.53. The van der Waals surface area contributed by atoms with Crippen molar-refractivity contribution in [3.05, 3.63) is 21.9 Å². The zero-order valence-corrected chi connectivity index (χ0v) is 12.8. The summed E-state index contributed by atoms with van der Waals surface area (Å²) in [6, 6.07) is 4.23. The van der Waals surface area contributed by atoms with Gasteiger partial charge in [-0.1, -0.05) is 6.42 Å². The highest BCUT2D eigenvalue weighted by Gasteiger charge is 2.03. The number of hydrogen-bond donors (Lipinski definition) is 2. The number of aliphatic carboxylic acids is 1. The number of carboxylic acids is 1. The van der Waals surface area contributed by atoms with E-state index in [-0.39, 0.29) is 12.3 Å². The molecular weight excluding hydrogens is 274 g/mol. The number of carboxylic acid groups (broad SMARTS) is 1. The third-order valence-corrected chi connectivity index (χ3v) is 4.07. The Morgan fingerprint density at radius 1 is 1.15 bits per heavy atom. The SMILES string of the molecule is Cc1ccc(CCCC(=O)NCCCCCC(=O)O)s1. The van der Waals surface area contributed by atoms with Crippen molar-refractivity contribution in [3.63, 3.8) is 0 Å². The molecule has 2 N–H and O–H groups in total. The van der Waals surface area contributed by atoms with Gasteiger partial charge < -0.3 is 10.4 Å².